The second-order valence-corrected chi connectivity index (χ2v) is 6.33. The fourth-order valence-corrected chi connectivity index (χ4v) is 2.73. The summed E-state index contributed by atoms with van der Waals surface area (Å²) in [6, 6.07) is 13.5. The average Bonchev–Trinajstić information content (AvgIpc) is 2.70. The van der Waals surface area contributed by atoms with Gasteiger partial charge in [0.1, 0.15) is 11.3 Å². The van der Waals surface area contributed by atoms with Crippen LogP contribution in [0.15, 0.2) is 57.7 Å². The van der Waals surface area contributed by atoms with Gasteiger partial charge in [-0.15, -0.1) is 0 Å². The molecule has 3 aromatic rings. The number of benzene rings is 2. The first-order valence-corrected chi connectivity index (χ1v) is 8.91. The van der Waals surface area contributed by atoms with Gasteiger partial charge in [0, 0.05) is 23.1 Å². The number of aryl methyl sites for hydroxylation is 2. The lowest BCUT2D eigenvalue weighted by Crippen LogP contribution is -2.19. The molecule has 0 unspecified atom stereocenters. The van der Waals surface area contributed by atoms with Crippen molar-refractivity contribution in [3.05, 3.63) is 75.6 Å². The van der Waals surface area contributed by atoms with E-state index in [0.29, 0.717) is 16.9 Å². The number of fused-ring (bicyclic) bond motifs is 1. The normalized spacial score (nSPS) is 10.6. The van der Waals surface area contributed by atoms with Crippen LogP contribution in [0.1, 0.15) is 28.4 Å². The number of carbonyl (C=O) groups is 2. The van der Waals surface area contributed by atoms with Crippen LogP contribution in [0.2, 0.25) is 0 Å². The molecule has 3 rings (SSSR count). The third-order valence-electron chi connectivity index (χ3n) is 4.33. The second-order valence-electron chi connectivity index (χ2n) is 6.33. The number of hydrogen-bond acceptors (Lipinski definition) is 6. The quantitative estimate of drug-likeness (QED) is 0.355. The maximum absolute atomic E-state index is 12.1. The molecule has 0 radical (unpaired) electrons. The Labute approximate surface area is 161 Å². The van der Waals surface area contributed by atoms with Gasteiger partial charge in [-0.05, 0) is 36.6 Å². The highest BCUT2D eigenvalue weighted by molar-refractivity contribution is 5.98. The topological polar surface area (TPSA) is 82.8 Å². The van der Waals surface area contributed by atoms with Crippen molar-refractivity contribution in [1.29, 1.82) is 0 Å². The van der Waals surface area contributed by atoms with Crippen LogP contribution in [0.3, 0.4) is 0 Å². The molecule has 0 amide bonds. The highest BCUT2D eigenvalue weighted by atomic mass is 16.6. The van der Waals surface area contributed by atoms with Crippen LogP contribution in [0, 0.1) is 6.92 Å². The molecule has 0 spiro atoms. The zero-order chi connectivity index (χ0) is 20.1. The Kier molecular flexibility index (Phi) is 5.89. The van der Waals surface area contributed by atoms with E-state index in [4.69, 9.17) is 13.9 Å². The summed E-state index contributed by atoms with van der Waals surface area (Å²) in [6.07, 6.45) is 0.887. The van der Waals surface area contributed by atoms with Gasteiger partial charge in [-0.2, -0.15) is 0 Å². The molecule has 0 bridgehead atoms. The number of esters is 1. The second kappa shape index (κ2) is 8.52. The van der Waals surface area contributed by atoms with Crippen LogP contribution in [0.5, 0.6) is 5.75 Å². The molecule has 0 N–H and O–H groups in total. The van der Waals surface area contributed by atoms with E-state index in [2.05, 4.69) is 0 Å². The molecule has 0 saturated heterocycles. The molecule has 2 aromatic carbocycles. The van der Waals surface area contributed by atoms with Crippen LogP contribution < -0.4 is 10.4 Å². The minimum absolute atomic E-state index is 0.279. The molecular formula is C22H20O6. The van der Waals surface area contributed by atoms with Gasteiger partial charge in [0.15, 0.2) is 19.0 Å². The Morgan fingerprint density at radius 3 is 2.46 bits per heavy atom. The number of carbonyl (C=O) groups excluding carboxylic acids is 2. The molecule has 144 valence electrons. The van der Waals surface area contributed by atoms with Gasteiger partial charge in [-0.1, -0.05) is 31.2 Å². The molecule has 28 heavy (non-hydrogen) atoms. The van der Waals surface area contributed by atoms with E-state index in [1.54, 1.807) is 24.3 Å². The third-order valence-corrected chi connectivity index (χ3v) is 4.33. The van der Waals surface area contributed by atoms with Crippen molar-refractivity contribution in [2.75, 3.05) is 13.2 Å². The number of rotatable bonds is 7. The SMILES string of the molecule is CCc1ccc(C(=O)COC(=O)COc2ccc3c(C)cc(=O)oc3c2)cc1. The largest absolute Gasteiger partial charge is 0.482 e. The van der Waals surface area contributed by atoms with Gasteiger partial charge in [0.05, 0.1) is 0 Å². The zero-order valence-electron chi connectivity index (χ0n) is 15.7. The first-order valence-electron chi connectivity index (χ1n) is 8.91. The molecule has 0 atom stereocenters. The van der Waals surface area contributed by atoms with Gasteiger partial charge in [-0.3, -0.25) is 4.79 Å². The van der Waals surface area contributed by atoms with Crippen molar-refractivity contribution in [1.82, 2.24) is 0 Å². The van der Waals surface area contributed by atoms with Crippen molar-refractivity contribution in [3.63, 3.8) is 0 Å². The minimum Gasteiger partial charge on any atom is -0.482 e. The van der Waals surface area contributed by atoms with Crippen LogP contribution in [-0.2, 0) is 16.0 Å². The first-order chi connectivity index (χ1) is 13.5. The highest BCUT2D eigenvalue weighted by Crippen LogP contribution is 2.22. The Morgan fingerprint density at radius 1 is 1.00 bits per heavy atom. The fraction of sp³-hybridized carbons (Fsp3) is 0.227. The van der Waals surface area contributed by atoms with Gasteiger partial charge in [0.25, 0.3) is 0 Å². The van der Waals surface area contributed by atoms with Crippen LogP contribution in [0.25, 0.3) is 11.0 Å². The van der Waals surface area contributed by atoms with Crippen LogP contribution in [0.4, 0.5) is 0 Å². The Bertz CT molecular complexity index is 1060. The van der Waals surface area contributed by atoms with Crippen molar-refractivity contribution in [2.24, 2.45) is 0 Å². The third kappa shape index (κ3) is 4.65. The number of hydrogen-bond donors (Lipinski definition) is 0. The number of ether oxygens (including phenoxy) is 2. The molecule has 0 fully saturated rings. The Morgan fingerprint density at radius 2 is 1.75 bits per heavy atom. The smallest absolute Gasteiger partial charge is 0.344 e. The summed E-state index contributed by atoms with van der Waals surface area (Å²) in [7, 11) is 0. The van der Waals surface area contributed by atoms with E-state index in [1.807, 2.05) is 26.0 Å². The molecule has 6 heteroatoms. The van der Waals surface area contributed by atoms with Crippen molar-refractivity contribution in [3.8, 4) is 5.75 Å². The van der Waals surface area contributed by atoms with E-state index >= 15 is 0 Å². The summed E-state index contributed by atoms with van der Waals surface area (Å²) in [4.78, 5) is 35.4. The van der Waals surface area contributed by atoms with Crippen molar-refractivity contribution >= 4 is 22.7 Å². The minimum atomic E-state index is -0.663. The first kappa shape index (κ1) is 19.4. The molecule has 0 aliphatic carbocycles. The number of Topliss-reactive ketones (excluding diaryl/α,β-unsaturated/α-hetero) is 1. The molecule has 0 saturated carbocycles. The summed E-state index contributed by atoms with van der Waals surface area (Å²) >= 11 is 0. The van der Waals surface area contributed by atoms with E-state index in [0.717, 1.165) is 22.9 Å². The van der Waals surface area contributed by atoms with Gasteiger partial charge < -0.3 is 13.9 Å². The fourth-order valence-electron chi connectivity index (χ4n) is 2.73. The summed E-state index contributed by atoms with van der Waals surface area (Å²) in [6.45, 7) is 3.13. The summed E-state index contributed by atoms with van der Waals surface area (Å²) in [5, 5.41) is 0.786. The lowest BCUT2D eigenvalue weighted by molar-refractivity contribution is -0.144. The molecule has 1 aromatic heterocycles. The van der Waals surface area contributed by atoms with Crippen molar-refractivity contribution in [2.45, 2.75) is 20.3 Å². The van der Waals surface area contributed by atoms with E-state index in [9.17, 15) is 14.4 Å². The molecule has 0 aliphatic rings. The summed E-state index contributed by atoms with van der Waals surface area (Å²) in [5.41, 5.74) is 2.34. The molecule has 0 aliphatic heterocycles. The van der Waals surface area contributed by atoms with E-state index < -0.39 is 11.6 Å². The van der Waals surface area contributed by atoms with Crippen LogP contribution >= 0.6 is 0 Å². The highest BCUT2D eigenvalue weighted by Gasteiger charge is 2.11. The maximum atomic E-state index is 12.1. The number of ketones is 1. The Balaban J connectivity index is 1.54. The van der Waals surface area contributed by atoms with Gasteiger partial charge >= 0.3 is 11.6 Å². The zero-order valence-corrected chi connectivity index (χ0v) is 15.7. The maximum Gasteiger partial charge on any atom is 0.344 e. The predicted octanol–water partition coefficient (Wildman–Crippen LogP) is 3.47. The summed E-state index contributed by atoms with van der Waals surface area (Å²) < 4.78 is 15.5. The monoisotopic (exact) mass is 380 g/mol. The average molecular weight is 380 g/mol. The van der Waals surface area contributed by atoms with Gasteiger partial charge in [-0.25, -0.2) is 9.59 Å². The van der Waals surface area contributed by atoms with Crippen LogP contribution in [-0.4, -0.2) is 25.0 Å². The van der Waals surface area contributed by atoms with Gasteiger partial charge in [0.2, 0.25) is 0 Å². The predicted molar refractivity (Wildman–Crippen MR) is 104 cm³/mol. The molecular weight excluding hydrogens is 360 g/mol. The van der Waals surface area contributed by atoms with Crippen molar-refractivity contribution < 1.29 is 23.5 Å². The lowest BCUT2D eigenvalue weighted by atomic mass is 10.1. The van der Waals surface area contributed by atoms with E-state index in [-0.39, 0.29) is 19.0 Å². The Hall–Kier alpha value is -3.41. The van der Waals surface area contributed by atoms with E-state index in [1.165, 1.54) is 12.1 Å². The molecule has 6 nitrogen and oxygen atoms in total. The molecule has 1 heterocycles. The standard InChI is InChI=1S/C22H20O6/c1-3-15-4-6-16(7-5-15)19(23)12-27-22(25)13-26-17-8-9-18-14(2)10-21(24)28-20(18)11-17/h4-11H,3,12-13H2,1-2H3. The lowest BCUT2D eigenvalue weighted by Gasteiger charge is -2.08. The summed E-state index contributed by atoms with van der Waals surface area (Å²) in [5.74, 6) is -0.581.